The predicted molar refractivity (Wildman–Crippen MR) is 66.0 cm³/mol. The lowest BCUT2D eigenvalue weighted by molar-refractivity contribution is 0.629. The Kier molecular flexibility index (Phi) is 2.59. The van der Waals surface area contributed by atoms with Crippen molar-refractivity contribution >= 4 is 28.3 Å². The summed E-state index contributed by atoms with van der Waals surface area (Å²) < 4.78 is 13.3. The third-order valence-electron chi connectivity index (χ3n) is 3.02. The molecule has 0 bridgehead atoms. The monoisotopic (exact) mass is 251 g/mol. The van der Waals surface area contributed by atoms with Gasteiger partial charge in [-0.1, -0.05) is 0 Å². The summed E-state index contributed by atoms with van der Waals surface area (Å²) in [7, 11) is 0. The second kappa shape index (κ2) is 4.11. The number of halogens is 2. The van der Waals surface area contributed by atoms with Crippen LogP contribution in [0.2, 0.25) is 5.28 Å². The van der Waals surface area contributed by atoms with E-state index in [1.807, 2.05) is 0 Å². The quantitative estimate of drug-likeness (QED) is 0.730. The van der Waals surface area contributed by atoms with Crippen molar-refractivity contribution in [2.75, 3.05) is 18.0 Å². The molecule has 17 heavy (non-hydrogen) atoms. The summed E-state index contributed by atoms with van der Waals surface area (Å²) in [4.78, 5) is 10.5. The summed E-state index contributed by atoms with van der Waals surface area (Å²) in [6, 6.07) is 4.50. The van der Waals surface area contributed by atoms with Crippen LogP contribution >= 0.6 is 11.6 Å². The highest BCUT2D eigenvalue weighted by Crippen LogP contribution is 2.28. The lowest BCUT2D eigenvalue weighted by Gasteiger charge is -2.18. The minimum Gasteiger partial charge on any atom is -0.356 e. The highest BCUT2D eigenvalue weighted by atomic mass is 35.5. The van der Waals surface area contributed by atoms with E-state index >= 15 is 0 Å². The number of hydrogen-bond donors (Lipinski definition) is 0. The molecule has 0 N–H and O–H groups in total. The van der Waals surface area contributed by atoms with Crippen LogP contribution in [0.5, 0.6) is 0 Å². The highest BCUT2D eigenvalue weighted by molar-refractivity contribution is 6.28. The Morgan fingerprint density at radius 1 is 1.18 bits per heavy atom. The van der Waals surface area contributed by atoms with E-state index in [1.54, 1.807) is 6.07 Å². The molecular weight excluding hydrogens is 241 g/mol. The van der Waals surface area contributed by atoms with Crippen molar-refractivity contribution in [1.29, 1.82) is 0 Å². The molecule has 0 amide bonds. The second-order valence-electron chi connectivity index (χ2n) is 4.17. The van der Waals surface area contributed by atoms with Gasteiger partial charge in [0.15, 0.2) is 0 Å². The largest absolute Gasteiger partial charge is 0.356 e. The Bertz CT molecular complexity index is 567. The Balaban J connectivity index is 2.23. The molecule has 3 nitrogen and oxygen atoms in total. The molecule has 0 saturated carbocycles. The van der Waals surface area contributed by atoms with Crippen LogP contribution in [-0.2, 0) is 0 Å². The molecule has 88 valence electrons. The number of nitrogens with zero attached hydrogens (tertiary/aromatic N) is 3. The normalized spacial score (nSPS) is 15.8. The summed E-state index contributed by atoms with van der Waals surface area (Å²) in [5, 5.41) is 0.947. The molecule has 1 aliphatic heterocycles. The van der Waals surface area contributed by atoms with E-state index in [-0.39, 0.29) is 11.1 Å². The molecule has 1 saturated heterocycles. The minimum atomic E-state index is -0.274. The van der Waals surface area contributed by atoms with E-state index in [4.69, 9.17) is 11.6 Å². The van der Waals surface area contributed by atoms with Crippen LogP contribution in [-0.4, -0.2) is 23.1 Å². The van der Waals surface area contributed by atoms with Crippen molar-refractivity contribution in [3.63, 3.8) is 0 Å². The van der Waals surface area contributed by atoms with Crippen LogP contribution in [0.1, 0.15) is 12.8 Å². The van der Waals surface area contributed by atoms with E-state index in [0.717, 1.165) is 37.1 Å². The first kappa shape index (κ1) is 10.7. The summed E-state index contributed by atoms with van der Waals surface area (Å²) in [5.74, 6) is 0.473. The van der Waals surface area contributed by atoms with Crippen LogP contribution in [0.3, 0.4) is 0 Å². The average Bonchev–Trinajstić information content (AvgIpc) is 2.82. The molecule has 1 aliphatic rings. The van der Waals surface area contributed by atoms with Crippen LogP contribution in [0.15, 0.2) is 18.2 Å². The van der Waals surface area contributed by atoms with Crippen molar-refractivity contribution in [2.45, 2.75) is 12.8 Å². The van der Waals surface area contributed by atoms with Crippen molar-refractivity contribution in [1.82, 2.24) is 9.97 Å². The maximum atomic E-state index is 13.3. The molecular formula is C12H11ClFN3. The van der Waals surface area contributed by atoms with E-state index < -0.39 is 0 Å². The van der Waals surface area contributed by atoms with Crippen molar-refractivity contribution in [3.8, 4) is 0 Å². The Labute approximate surface area is 103 Å². The summed E-state index contributed by atoms with van der Waals surface area (Å²) in [6.07, 6.45) is 2.27. The van der Waals surface area contributed by atoms with Gasteiger partial charge in [0, 0.05) is 18.5 Å². The molecule has 2 aromatic rings. The van der Waals surface area contributed by atoms with Crippen molar-refractivity contribution in [2.24, 2.45) is 0 Å². The van der Waals surface area contributed by atoms with Crippen molar-refractivity contribution in [3.05, 3.63) is 29.3 Å². The first-order chi connectivity index (χ1) is 8.24. The number of aromatic nitrogens is 2. The third-order valence-corrected chi connectivity index (χ3v) is 3.19. The SMILES string of the molecule is Fc1ccc2nc(Cl)nc(N3CCCC3)c2c1. The maximum Gasteiger partial charge on any atom is 0.224 e. The molecule has 0 atom stereocenters. The van der Waals surface area contributed by atoms with Gasteiger partial charge in [-0.15, -0.1) is 0 Å². The zero-order valence-electron chi connectivity index (χ0n) is 9.16. The summed E-state index contributed by atoms with van der Waals surface area (Å²) >= 11 is 5.90. The lowest BCUT2D eigenvalue weighted by atomic mass is 10.2. The molecule has 0 radical (unpaired) electrons. The smallest absolute Gasteiger partial charge is 0.224 e. The topological polar surface area (TPSA) is 29.0 Å². The first-order valence-electron chi connectivity index (χ1n) is 5.62. The van der Waals surface area contributed by atoms with E-state index in [9.17, 15) is 4.39 Å². The molecule has 1 aromatic carbocycles. The Morgan fingerprint density at radius 2 is 1.94 bits per heavy atom. The van der Waals surface area contributed by atoms with Gasteiger partial charge in [0.25, 0.3) is 0 Å². The summed E-state index contributed by atoms with van der Waals surface area (Å²) in [6.45, 7) is 1.89. The average molecular weight is 252 g/mol. The van der Waals surface area contributed by atoms with Gasteiger partial charge in [-0.25, -0.2) is 9.37 Å². The van der Waals surface area contributed by atoms with E-state index in [2.05, 4.69) is 14.9 Å². The zero-order chi connectivity index (χ0) is 11.8. The van der Waals surface area contributed by atoms with Gasteiger partial charge in [0.05, 0.1) is 5.52 Å². The summed E-state index contributed by atoms with van der Waals surface area (Å²) in [5.41, 5.74) is 0.688. The first-order valence-corrected chi connectivity index (χ1v) is 5.99. The molecule has 0 spiro atoms. The fraction of sp³-hybridized carbons (Fsp3) is 0.333. The molecule has 1 fully saturated rings. The minimum absolute atomic E-state index is 0.214. The lowest BCUT2D eigenvalue weighted by Crippen LogP contribution is -2.19. The third kappa shape index (κ3) is 1.93. The molecule has 2 heterocycles. The van der Waals surface area contributed by atoms with Gasteiger partial charge in [-0.2, -0.15) is 4.98 Å². The Morgan fingerprint density at radius 3 is 2.71 bits per heavy atom. The van der Waals surface area contributed by atoms with Crippen molar-refractivity contribution < 1.29 is 4.39 Å². The van der Waals surface area contributed by atoms with E-state index in [0.29, 0.717) is 5.52 Å². The molecule has 1 aromatic heterocycles. The van der Waals surface area contributed by atoms with Gasteiger partial charge >= 0.3 is 0 Å². The molecule has 3 rings (SSSR count). The van der Waals surface area contributed by atoms with Gasteiger partial charge in [0.2, 0.25) is 5.28 Å². The fourth-order valence-electron chi connectivity index (χ4n) is 2.23. The molecule has 0 aliphatic carbocycles. The molecule has 5 heteroatoms. The molecule has 0 unspecified atom stereocenters. The van der Waals surface area contributed by atoms with E-state index in [1.165, 1.54) is 12.1 Å². The Hall–Kier alpha value is -1.42. The van der Waals surface area contributed by atoms with Crippen LogP contribution in [0.25, 0.3) is 10.9 Å². The maximum absolute atomic E-state index is 13.3. The standard InChI is InChI=1S/C12H11ClFN3/c13-12-15-10-4-3-8(14)7-9(10)11(16-12)17-5-1-2-6-17/h3-4,7H,1-2,5-6H2. The van der Waals surface area contributed by atoms with Gasteiger partial charge in [-0.05, 0) is 42.6 Å². The van der Waals surface area contributed by atoms with Gasteiger partial charge in [0.1, 0.15) is 11.6 Å². The fourth-order valence-corrected chi connectivity index (χ4v) is 2.40. The van der Waals surface area contributed by atoms with Gasteiger partial charge in [-0.3, -0.25) is 0 Å². The highest BCUT2D eigenvalue weighted by Gasteiger charge is 2.18. The number of fused-ring (bicyclic) bond motifs is 1. The van der Waals surface area contributed by atoms with Crippen LogP contribution in [0, 0.1) is 5.82 Å². The van der Waals surface area contributed by atoms with Crippen LogP contribution < -0.4 is 4.90 Å². The predicted octanol–water partition coefficient (Wildman–Crippen LogP) is 3.02. The number of anilines is 1. The number of rotatable bonds is 1. The second-order valence-corrected chi connectivity index (χ2v) is 4.51. The number of benzene rings is 1. The number of hydrogen-bond acceptors (Lipinski definition) is 3. The van der Waals surface area contributed by atoms with Gasteiger partial charge < -0.3 is 4.90 Å². The van der Waals surface area contributed by atoms with Crippen LogP contribution in [0.4, 0.5) is 10.2 Å². The zero-order valence-corrected chi connectivity index (χ0v) is 9.91.